The topological polar surface area (TPSA) is 12.0 Å². The van der Waals surface area contributed by atoms with Gasteiger partial charge in [0.1, 0.15) is 0 Å². The van der Waals surface area contributed by atoms with Crippen LogP contribution in [0, 0.1) is 0 Å². The molecule has 8 heavy (non-hydrogen) atoms. The summed E-state index contributed by atoms with van der Waals surface area (Å²) in [5.74, 6) is 0. The predicted octanol–water partition coefficient (Wildman–Crippen LogP) is 1.62. The van der Waals surface area contributed by atoms with Gasteiger partial charge in [0.15, 0.2) is 0 Å². The van der Waals surface area contributed by atoms with E-state index in [-0.39, 0.29) is 19.0 Å². The maximum Gasteiger partial charge on any atom is 0.313 e. The minimum absolute atomic E-state index is 0. The molecule has 0 aliphatic rings. The van der Waals surface area contributed by atoms with E-state index in [0.29, 0.717) is 0 Å². The lowest BCUT2D eigenvalue weighted by molar-refractivity contribution is 0.116. The van der Waals surface area contributed by atoms with Crippen molar-refractivity contribution in [1.82, 2.24) is 5.32 Å². The second-order valence-electron chi connectivity index (χ2n) is 1.15. The van der Waals surface area contributed by atoms with E-state index >= 15 is 0 Å². The first-order valence-corrected chi connectivity index (χ1v) is 2.57. The summed E-state index contributed by atoms with van der Waals surface area (Å²) in [5.41, 5.74) is 0. The Morgan fingerprint density at radius 2 is 2.00 bits per heavy atom. The summed E-state index contributed by atoms with van der Waals surface area (Å²) >= 11 is 2.14. The van der Waals surface area contributed by atoms with Crippen molar-refractivity contribution in [3.05, 3.63) is 0 Å². The summed E-state index contributed by atoms with van der Waals surface area (Å²) < 4.78 is 23.2. The molecule has 0 aromatic rings. The number of alkyl halides is 3. The molecule has 0 radical (unpaired) electrons. The fourth-order valence-corrected chi connectivity index (χ4v) is 0.481. The number of nitrogens with one attached hydrogen (secondary N) is 1. The molecule has 5 heteroatoms. The highest BCUT2D eigenvalue weighted by molar-refractivity contribution is 9.10. The lowest BCUT2D eigenvalue weighted by Gasteiger charge is -2.04. The molecule has 0 heterocycles. The molecule has 0 rings (SSSR count). The Balaban J connectivity index is 0. The van der Waals surface area contributed by atoms with Gasteiger partial charge < -0.3 is 5.32 Å². The number of hydrogen-bond acceptors (Lipinski definition) is 1. The molecule has 0 atom stereocenters. The molecule has 0 amide bonds. The van der Waals surface area contributed by atoms with Gasteiger partial charge in [0, 0.05) is 0 Å². The van der Waals surface area contributed by atoms with Gasteiger partial charge in [-0.25, -0.2) is 0 Å². The van der Waals surface area contributed by atoms with Crippen LogP contribution < -0.4 is 5.32 Å². The maximum atomic E-state index is 11.6. The van der Waals surface area contributed by atoms with Crippen LogP contribution in [0.25, 0.3) is 0 Å². The summed E-state index contributed by atoms with van der Waals surface area (Å²) in [5, 5.41) is 2.31. The summed E-state index contributed by atoms with van der Waals surface area (Å²) in [6.45, 7) is -0.326. The summed E-state index contributed by atoms with van der Waals surface area (Å²) in [7, 11) is 1.47. The lowest BCUT2D eigenvalue weighted by Crippen LogP contribution is -2.23. The maximum absolute atomic E-state index is 11.6. The third kappa shape index (κ3) is 9.77. The standard InChI is InChI=1S/C3H6BrF2N.ClH/c1-7-2-3(4,5)6;/h7H,2H2,1H3;1H. The number of rotatable bonds is 2. The summed E-state index contributed by atoms with van der Waals surface area (Å²) in [4.78, 5) is -2.75. The van der Waals surface area contributed by atoms with Gasteiger partial charge in [0.05, 0.1) is 6.54 Å². The van der Waals surface area contributed by atoms with E-state index in [1.807, 2.05) is 0 Å². The first-order chi connectivity index (χ1) is 3.06. The Labute approximate surface area is 61.4 Å². The lowest BCUT2D eigenvalue weighted by atomic mass is 10.7. The molecule has 0 aromatic heterocycles. The van der Waals surface area contributed by atoms with Crippen molar-refractivity contribution in [3.63, 3.8) is 0 Å². The Morgan fingerprint density at radius 1 is 1.62 bits per heavy atom. The van der Waals surface area contributed by atoms with Crippen LogP contribution in [0.1, 0.15) is 0 Å². The van der Waals surface area contributed by atoms with Gasteiger partial charge in [-0.1, -0.05) is 0 Å². The molecule has 1 nitrogen and oxygen atoms in total. The van der Waals surface area contributed by atoms with Gasteiger partial charge in [-0.05, 0) is 23.0 Å². The van der Waals surface area contributed by atoms with Crippen molar-refractivity contribution in [2.24, 2.45) is 0 Å². The molecular weight excluding hydrogens is 203 g/mol. The minimum Gasteiger partial charge on any atom is -0.313 e. The molecule has 0 unspecified atom stereocenters. The van der Waals surface area contributed by atoms with Gasteiger partial charge in [0.2, 0.25) is 0 Å². The third-order valence-electron chi connectivity index (χ3n) is 0.377. The van der Waals surface area contributed by atoms with Crippen molar-refractivity contribution in [2.75, 3.05) is 13.6 Å². The Hall–Kier alpha value is 0.590. The normalized spacial score (nSPS) is 10.5. The zero-order chi connectivity index (χ0) is 5.91. The number of hydrogen-bond donors (Lipinski definition) is 1. The molecule has 0 spiro atoms. The Bertz CT molecular complexity index is 55.7. The van der Waals surface area contributed by atoms with Gasteiger partial charge in [-0.2, -0.15) is 8.78 Å². The van der Waals surface area contributed by atoms with Crippen LogP contribution in [-0.2, 0) is 0 Å². The SMILES string of the molecule is CNCC(F)(F)Br.Cl. The largest absolute Gasteiger partial charge is 0.313 e. The van der Waals surface area contributed by atoms with Gasteiger partial charge >= 0.3 is 4.83 Å². The van der Waals surface area contributed by atoms with Crippen LogP contribution in [0.3, 0.4) is 0 Å². The molecule has 0 saturated heterocycles. The highest BCUT2D eigenvalue weighted by Crippen LogP contribution is 2.18. The molecular formula is C3H7BrClF2N. The number of halogens is 4. The highest BCUT2D eigenvalue weighted by Gasteiger charge is 2.21. The smallest absolute Gasteiger partial charge is 0.313 e. The second-order valence-corrected chi connectivity index (χ2v) is 2.31. The van der Waals surface area contributed by atoms with Crippen molar-refractivity contribution in [1.29, 1.82) is 0 Å². The minimum atomic E-state index is -2.75. The summed E-state index contributed by atoms with van der Waals surface area (Å²) in [6.07, 6.45) is 0. The average molecular weight is 210 g/mol. The van der Waals surface area contributed by atoms with Crippen LogP contribution in [0.4, 0.5) is 8.78 Å². The van der Waals surface area contributed by atoms with E-state index in [4.69, 9.17) is 0 Å². The molecule has 0 aliphatic carbocycles. The van der Waals surface area contributed by atoms with Gasteiger partial charge in [-0.15, -0.1) is 12.4 Å². The molecule has 0 aliphatic heterocycles. The Morgan fingerprint density at radius 3 is 2.00 bits per heavy atom. The van der Waals surface area contributed by atoms with Crippen LogP contribution >= 0.6 is 28.3 Å². The molecule has 52 valence electrons. The fraction of sp³-hybridized carbons (Fsp3) is 1.00. The molecule has 0 aromatic carbocycles. The van der Waals surface area contributed by atoms with E-state index in [0.717, 1.165) is 0 Å². The van der Waals surface area contributed by atoms with E-state index in [1.165, 1.54) is 7.05 Å². The van der Waals surface area contributed by atoms with Crippen molar-refractivity contribution >= 4 is 28.3 Å². The highest BCUT2D eigenvalue weighted by atomic mass is 79.9. The first kappa shape index (κ1) is 11.4. The van der Waals surface area contributed by atoms with E-state index in [1.54, 1.807) is 0 Å². The monoisotopic (exact) mass is 209 g/mol. The quantitative estimate of drug-likeness (QED) is 0.683. The first-order valence-electron chi connectivity index (χ1n) is 1.77. The van der Waals surface area contributed by atoms with Crippen LogP contribution in [0.15, 0.2) is 0 Å². The summed E-state index contributed by atoms with van der Waals surface area (Å²) in [6, 6.07) is 0. The zero-order valence-corrected chi connectivity index (χ0v) is 6.65. The molecule has 0 saturated carbocycles. The second kappa shape index (κ2) is 4.47. The average Bonchev–Trinajstić information content (AvgIpc) is 1.30. The van der Waals surface area contributed by atoms with Crippen LogP contribution in [0.2, 0.25) is 0 Å². The molecule has 0 fully saturated rings. The fourth-order valence-electron chi connectivity index (χ4n) is 0.200. The van der Waals surface area contributed by atoms with E-state index in [9.17, 15) is 8.78 Å². The van der Waals surface area contributed by atoms with Crippen LogP contribution in [0.5, 0.6) is 0 Å². The third-order valence-corrected chi connectivity index (χ3v) is 0.658. The van der Waals surface area contributed by atoms with E-state index in [2.05, 4.69) is 21.2 Å². The van der Waals surface area contributed by atoms with Crippen molar-refractivity contribution in [3.8, 4) is 0 Å². The van der Waals surface area contributed by atoms with Gasteiger partial charge in [0.25, 0.3) is 0 Å². The molecule has 1 N–H and O–H groups in total. The van der Waals surface area contributed by atoms with Gasteiger partial charge in [-0.3, -0.25) is 0 Å². The molecule has 0 bridgehead atoms. The van der Waals surface area contributed by atoms with E-state index < -0.39 is 4.83 Å². The van der Waals surface area contributed by atoms with Crippen molar-refractivity contribution in [2.45, 2.75) is 4.83 Å². The van der Waals surface area contributed by atoms with Crippen LogP contribution in [-0.4, -0.2) is 18.4 Å². The predicted molar refractivity (Wildman–Crippen MR) is 35.0 cm³/mol. The van der Waals surface area contributed by atoms with Crippen molar-refractivity contribution < 1.29 is 8.78 Å². The zero-order valence-electron chi connectivity index (χ0n) is 4.25. The Kier molecular flexibility index (Phi) is 6.36.